The van der Waals surface area contributed by atoms with E-state index in [0.717, 1.165) is 5.56 Å². The second kappa shape index (κ2) is 5.42. The zero-order chi connectivity index (χ0) is 14.0. The lowest BCUT2D eigenvalue weighted by atomic mass is 10.1. The van der Waals surface area contributed by atoms with E-state index in [0.29, 0.717) is 22.3 Å². The number of halogens is 2. The van der Waals surface area contributed by atoms with E-state index >= 15 is 0 Å². The van der Waals surface area contributed by atoms with E-state index in [4.69, 9.17) is 34.7 Å². The fourth-order valence-electron chi connectivity index (χ4n) is 1.54. The number of rotatable bonds is 3. The number of anilines is 1. The summed E-state index contributed by atoms with van der Waals surface area (Å²) < 4.78 is 0. The van der Waals surface area contributed by atoms with E-state index in [-0.39, 0.29) is 11.4 Å². The van der Waals surface area contributed by atoms with Crippen molar-refractivity contribution in [1.29, 1.82) is 0 Å². The molecule has 0 unspecified atom stereocenters. The Labute approximate surface area is 119 Å². The van der Waals surface area contributed by atoms with Crippen LogP contribution < -0.4 is 11.5 Å². The number of primary amides is 1. The number of nitrogens with zero attached hydrogens (tertiary/aromatic N) is 2. The minimum atomic E-state index is -0.659. The maximum atomic E-state index is 11.0. The molecule has 1 aromatic heterocycles. The Bertz CT molecular complexity index is 646. The average Bonchev–Trinajstić information content (AvgIpc) is 2.32. The Balaban J connectivity index is 2.29. The molecule has 0 aliphatic carbocycles. The van der Waals surface area contributed by atoms with Crippen molar-refractivity contribution >= 4 is 34.9 Å². The molecule has 98 valence electrons. The topological polar surface area (TPSA) is 94.9 Å². The number of aromatic nitrogens is 2. The minimum Gasteiger partial charge on any atom is -0.383 e. The molecule has 0 aliphatic rings. The summed E-state index contributed by atoms with van der Waals surface area (Å²) in [7, 11) is 0. The van der Waals surface area contributed by atoms with E-state index in [1.165, 1.54) is 6.20 Å². The van der Waals surface area contributed by atoms with Gasteiger partial charge in [0.2, 0.25) is 0 Å². The summed E-state index contributed by atoms with van der Waals surface area (Å²) in [5.41, 5.74) is 11.7. The van der Waals surface area contributed by atoms with E-state index in [9.17, 15) is 4.79 Å². The quantitative estimate of drug-likeness (QED) is 0.906. The predicted molar refractivity (Wildman–Crippen MR) is 74.2 cm³/mol. The molecule has 1 aromatic carbocycles. The zero-order valence-corrected chi connectivity index (χ0v) is 11.2. The normalized spacial score (nSPS) is 10.4. The molecule has 5 nitrogen and oxygen atoms in total. The third-order valence-corrected chi connectivity index (χ3v) is 3.08. The van der Waals surface area contributed by atoms with E-state index in [1.54, 1.807) is 18.2 Å². The molecule has 4 N–H and O–H groups in total. The van der Waals surface area contributed by atoms with Gasteiger partial charge < -0.3 is 11.5 Å². The lowest BCUT2D eigenvalue weighted by molar-refractivity contribution is 0.100. The first-order chi connectivity index (χ1) is 8.97. The molecule has 1 heterocycles. The van der Waals surface area contributed by atoms with Gasteiger partial charge in [0.05, 0.1) is 5.56 Å². The molecule has 2 aromatic rings. The first kappa shape index (κ1) is 13.6. The van der Waals surface area contributed by atoms with Crippen LogP contribution in [-0.4, -0.2) is 15.9 Å². The molecule has 0 bridgehead atoms. The molecular formula is C12H10Cl2N4O. The maximum absolute atomic E-state index is 11.0. The Morgan fingerprint density at radius 1 is 1.32 bits per heavy atom. The Hall–Kier alpha value is -1.85. The summed E-state index contributed by atoms with van der Waals surface area (Å²) in [6, 6.07) is 5.15. The third-order valence-electron chi connectivity index (χ3n) is 2.50. The van der Waals surface area contributed by atoms with Crippen LogP contribution in [0.5, 0.6) is 0 Å². The summed E-state index contributed by atoms with van der Waals surface area (Å²) in [4.78, 5) is 19.1. The smallest absolute Gasteiger partial charge is 0.254 e. The molecule has 0 radical (unpaired) electrons. The molecule has 2 rings (SSSR count). The van der Waals surface area contributed by atoms with Crippen LogP contribution in [0.1, 0.15) is 21.7 Å². The summed E-state index contributed by atoms with van der Waals surface area (Å²) in [5.74, 6) is -0.150. The molecule has 0 spiro atoms. The number of carbonyl (C=O) groups excluding carboxylic acids is 1. The van der Waals surface area contributed by atoms with Gasteiger partial charge in [0, 0.05) is 22.7 Å². The van der Waals surface area contributed by atoms with Gasteiger partial charge >= 0.3 is 0 Å². The van der Waals surface area contributed by atoms with Crippen LogP contribution in [0.2, 0.25) is 10.0 Å². The number of benzene rings is 1. The molecule has 0 atom stereocenters. The predicted octanol–water partition coefficient (Wildman–Crippen LogP) is 2.06. The van der Waals surface area contributed by atoms with Crippen molar-refractivity contribution in [2.75, 3.05) is 5.73 Å². The molecule has 0 fully saturated rings. The lowest BCUT2D eigenvalue weighted by Gasteiger charge is -2.06. The SMILES string of the molecule is NC(=O)c1cnc(Cc2ccc(Cl)cc2Cl)nc1N. The molecule has 7 heteroatoms. The van der Waals surface area contributed by atoms with Gasteiger partial charge in [0.15, 0.2) is 0 Å². The highest BCUT2D eigenvalue weighted by atomic mass is 35.5. The van der Waals surface area contributed by atoms with Gasteiger partial charge in [-0.15, -0.1) is 0 Å². The average molecular weight is 297 g/mol. The lowest BCUT2D eigenvalue weighted by Crippen LogP contribution is -2.16. The van der Waals surface area contributed by atoms with Crippen molar-refractivity contribution in [1.82, 2.24) is 9.97 Å². The summed E-state index contributed by atoms with van der Waals surface area (Å²) in [6.45, 7) is 0. The highest BCUT2D eigenvalue weighted by Gasteiger charge is 2.10. The number of carbonyl (C=O) groups is 1. The first-order valence-electron chi connectivity index (χ1n) is 5.32. The summed E-state index contributed by atoms with van der Waals surface area (Å²) in [6.07, 6.45) is 1.70. The van der Waals surface area contributed by atoms with Gasteiger partial charge in [0.25, 0.3) is 5.91 Å². The molecule has 0 saturated carbocycles. The van der Waals surface area contributed by atoms with Crippen molar-refractivity contribution in [3.63, 3.8) is 0 Å². The van der Waals surface area contributed by atoms with Gasteiger partial charge in [-0.05, 0) is 17.7 Å². The fourth-order valence-corrected chi connectivity index (χ4v) is 2.02. The van der Waals surface area contributed by atoms with Crippen LogP contribution in [-0.2, 0) is 6.42 Å². The van der Waals surface area contributed by atoms with Crippen molar-refractivity contribution < 1.29 is 4.79 Å². The van der Waals surface area contributed by atoms with Crippen molar-refractivity contribution in [3.8, 4) is 0 Å². The second-order valence-corrected chi connectivity index (χ2v) is 4.71. The van der Waals surface area contributed by atoms with Crippen LogP contribution in [0.3, 0.4) is 0 Å². The third kappa shape index (κ3) is 3.13. The van der Waals surface area contributed by atoms with Crippen LogP contribution in [0, 0.1) is 0 Å². The van der Waals surface area contributed by atoms with Crippen LogP contribution in [0.25, 0.3) is 0 Å². The Kier molecular flexibility index (Phi) is 3.87. The second-order valence-electron chi connectivity index (χ2n) is 3.86. The Morgan fingerprint density at radius 2 is 2.05 bits per heavy atom. The van der Waals surface area contributed by atoms with Gasteiger partial charge in [-0.1, -0.05) is 29.3 Å². The van der Waals surface area contributed by atoms with E-state index in [2.05, 4.69) is 9.97 Å². The van der Waals surface area contributed by atoms with Gasteiger partial charge in [-0.25, -0.2) is 9.97 Å². The number of amides is 1. The van der Waals surface area contributed by atoms with E-state index in [1.807, 2.05) is 0 Å². The maximum Gasteiger partial charge on any atom is 0.254 e. The van der Waals surface area contributed by atoms with Crippen molar-refractivity contribution in [2.45, 2.75) is 6.42 Å². The Morgan fingerprint density at radius 3 is 2.63 bits per heavy atom. The zero-order valence-electron chi connectivity index (χ0n) is 9.73. The highest BCUT2D eigenvalue weighted by molar-refractivity contribution is 6.35. The molecule has 0 aliphatic heterocycles. The number of nitrogen functional groups attached to an aromatic ring is 1. The number of nitrogens with two attached hydrogens (primary N) is 2. The van der Waals surface area contributed by atoms with Crippen LogP contribution in [0.4, 0.5) is 5.82 Å². The molecule has 0 saturated heterocycles. The summed E-state index contributed by atoms with van der Waals surface area (Å²) >= 11 is 11.9. The number of hydrogen-bond donors (Lipinski definition) is 2. The molecule has 1 amide bonds. The van der Waals surface area contributed by atoms with Crippen molar-refractivity contribution in [3.05, 3.63) is 51.4 Å². The minimum absolute atomic E-state index is 0.0579. The molecule has 19 heavy (non-hydrogen) atoms. The van der Waals surface area contributed by atoms with Gasteiger partial charge in [-0.2, -0.15) is 0 Å². The van der Waals surface area contributed by atoms with Gasteiger partial charge in [0.1, 0.15) is 11.6 Å². The standard InChI is InChI=1S/C12H10Cl2N4O/c13-7-2-1-6(9(14)4-7)3-10-17-5-8(12(16)19)11(15)18-10/h1-2,4-5H,3H2,(H2,16,19)(H2,15,17,18). The highest BCUT2D eigenvalue weighted by Crippen LogP contribution is 2.22. The largest absolute Gasteiger partial charge is 0.383 e. The van der Waals surface area contributed by atoms with Crippen LogP contribution in [0.15, 0.2) is 24.4 Å². The van der Waals surface area contributed by atoms with Crippen molar-refractivity contribution in [2.24, 2.45) is 5.73 Å². The number of hydrogen-bond acceptors (Lipinski definition) is 4. The molecular weight excluding hydrogens is 287 g/mol. The first-order valence-corrected chi connectivity index (χ1v) is 6.08. The van der Waals surface area contributed by atoms with Gasteiger partial charge in [-0.3, -0.25) is 4.79 Å². The van der Waals surface area contributed by atoms with E-state index < -0.39 is 5.91 Å². The summed E-state index contributed by atoms with van der Waals surface area (Å²) in [5, 5.41) is 1.08. The van der Waals surface area contributed by atoms with Crippen LogP contribution >= 0.6 is 23.2 Å². The fraction of sp³-hybridized carbons (Fsp3) is 0.0833. The monoisotopic (exact) mass is 296 g/mol.